The van der Waals surface area contributed by atoms with Gasteiger partial charge in [-0.05, 0) is 53.8 Å². The third-order valence-corrected chi connectivity index (χ3v) is 7.10. The van der Waals surface area contributed by atoms with Gasteiger partial charge in [-0.3, -0.25) is 0 Å². The summed E-state index contributed by atoms with van der Waals surface area (Å²) >= 11 is 0. The summed E-state index contributed by atoms with van der Waals surface area (Å²) in [5, 5.41) is 1.15. The standard InChI is InChI=1S/C21H24N2O2S/c1-14(2)16-7-8-20-18(12-16)19-13-23(10-9-21(19)22-20)26(24,25)17-6-4-5-15(3)11-17/h4-8,11-12,14,22H,9-10,13H2,1-3H3. The molecule has 0 atom stereocenters. The third-order valence-electron chi connectivity index (χ3n) is 5.26. The summed E-state index contributed by atoms with van der Waals surface area (Å²) in [5.74, 6) is 0.445. The van der Waals surface area contributed by atoms with Crippen LogP contribution in [0.2, 0.25) is 0 Å². The molecular formula is C21H24N2O2S. The van der Waals surface area contributed by atoms with E-state index in [1.807, 2.05) is 13.0 Å². The van der Waals surface area contributed by atoms with Crippen LogP contribution >= 0.6 is 0 Å². The number of nitrogens with one attached hydrogen (secondary N) is 1. The van der Waals surface area contributed by atoms with Crippen LogP contribution in [0.5, 0.6) is 0 Å². The molecule has 136 valence electrons. The zero-order valence-corrected chi connectivity index (χ0v) is 16.2. The highest BCUT2D eigenvalue weighted by atomic mass is 32.2. The first-order valence-electron chi connectivity index (χ1n) is 9.06. The smallest absolute Gasteiger partial charge is 0.243 e. The van der Waals surface area contributed by atoms with E-state index in [2.05, 4.69) is 37.0 Å². The van der Waals surface area contributed by atoms with E-state index in [1.165, 1.54) is 5.56 Å². The van der Waals surface area contributed by atoms with Crippen molar-refractivity contribution in [2.75, 3.05) is 6.54 Å². The lowest BCUT2D eigenvalue weighted by atomic mass is 9.99. The Morgan fingerprint density at radius 2 is 1.92 bits per heavy atom. The minimum atomic E-state index is -3.48. The zero-order chi connectivity index (χ0) is 18.5. The number of aromatic nitrogens is 1. The number of hydrogen-bond acceptors (Lipinski definition) is 2. The first kappa shape index (κ1) is 17.3. The summed E-state index contributed by atoms with van der Waals surface area (Å²) in [6.07, 6.45) is 0.714. The van der Waals surface area contributed by atoms with Gasteiger partial charge < -0.3 is 4.98 Å². The molecule has 0 saturated carbocycles. The maximum Gasteiger partial charge on any atom is 0.243 e. The predicted octanol–water partition coefficient (Wildman–Crippen LogP) is 4.35. The first-order valence-corrected chi connectivity index (χ1v) is 10.5. The van der Waals surface area contributed by atoms with Crippen molar-refractivity contribution in [3.8, 4) is 0 Å². The number of nitrogens with zero attached hydrogens (tertiary/aromatic N) is 1. The van der Waals surface area contributed by atoms with Crippen LogP contribution in [0.25, 0.3) is 10.9 Å². The van der Waals surface area contributed by atoms with Gasteiger partial charge in [0, 0.05) is 36.1 Å². The largest absolute Gasteiger partial charge is 0.358 e. The molecule has 4 rings (SSSR count). The number of rotatable bonds is 3. The number of benzene rings is 2. The average molecular weight is 369 g/mol. The van der Waals surface area contributed by atoms with Gasteiger partial charge in [-0.15, -0.1) is 0 Å². The van der Waals surface area contributed by atoms with Gasteiger partial charge in [0.15, 0.2) is 0 Å². The number of aromatic amines is 1. The molecule has 26 heavy (non-hydrogen) atoms. The molecule has 2 aromatic carbocycles. The predicted molar refractivity (Wildman–Crippen MR) is 105 cm³/mol. The van der Waals surface area contributed by atoms with Gasteiger partial charge in [0.25, 0.3) is 0 Å². The van der Waals surface area contributed by atoms with Gasteiger partial charge >= 0.3 is 0 Å². The minimum absolute atomic E-state index is 0.378. The van der Waals surface area contributed by atoms with E-state index in [0.717, 1.165) is 27.7 Å². The van der Waals surface area contributed by atoms with E-state index in [-0.39, 0.29) is 0 Å². The summed E-state index contributed by atoms with van der Waals surface area (Å²) in [5.41, 5.74) is 5.60. The van der Waals surface area contributed by atoms with Crippen LogP contribution in [0.15, 0.2) is 47.4 Å². The Bertz CT molecular complexity index is 1080. The van der Waals surface area contributed by atoms with Crippen molar-refractivity contribution in [2.24, 2.45) is 0 Å². The Morgan fingerprint density at radius 3 is 2.65 bits per heavy atom. The van der Waals surface area contributed by atoms with E-state index >= 15 is 0 Å². The molecule has 0 amide bonds. The van der Waals surface area contributed by atoms with Crippen LogP contribution in [0.4, 0.5) is 0 Å². The second-order valence-corrected chi connectivity index (χ2v) is 9.38. The van der Waals surface area contributed by atoms with Crippen molar-refractivity contribution >= 4 is 20.9 Å². The van der Waals surface area contributed by atoms with E-state index in [0.29, 0.717) is 30.3 Å². The molecule has 0 saturated heterocycles. The fraction of sp³-hybridized carbons (Fsp3) is 0.333. The number of hydrogen-bond donors (Lipinski definition) is 1. The molecule has 4 nitrogen and oxygen atoms in total. The third kappa shape index (κ3) is 2.85. The second-order valence-electron chi connectivity index (χ2n) is 7.45. The fourth-order valence-corrected chi connectivity index (χ4v) is 5.21. The van der Waals surface area contributed by atoms with Crippen LogP contribution in [0.3, 0.4) is 0 Å². The highest BCUT2D eigenvalue weighted by Gasteiger charge is 2.30. The SMILES string of the molecule is Cc1cccc(S(=O)(=O)N2CCc3[nH]c4ccc(C(C)C)cc4c3C2)c1. The molecule has 0 radical (unpaired) electrons. The highest BCUT2D eigenvalue weighted by Crippen LogP contribution is 2.32. The maximum absolute atomic E-state index is 13.1. The Hall–Kier alpha value is -2.11. The number of aryl methyl sites for hydroxylation is 1. The second kappa shape index (κ2) is 6.25. The lowest BCUT2D eigenvalue weighted by molar-refractivity contribution is 0.391. The van der Waals surface area contributed by atoms with Crippen LogP contribution < -0.4 is 0 Å². The molecule has 0 aliphatic carbocycles. The minimum Gasteiger partial charge on any atom is -0.358 e. The molecule has 5 heteroatoms. The Balaban J connectivity index is 1.75. The van der Waals surface area contributed by atoms with Gasteiger partial charge in [-0.25, -0.2) is 8.42 Å². The lowest BCUT2D eigenvalue weighted by Gasteiger charge is -2.26. The molecular weight excluding hydrogens is 344 g/mol. The van der Waals surface area contributed by atoms with Crippen molar-refractivity contribution in [1.82, 2.24) is 9.29 Å². The lowest BCUT2D eigenvalue weighted by Crippen LogP contribution is -2.35. The van der Waals surface area contributed by atoms with Gasteiger partial charge in [0.1, 0.15) is 0 Å². The molecule has 1 N–H and O–H groups in total. The maximum atomic E-state index is 13.1. The Labute approximate surface area is 154 Å². The summed E-state index contributed by atoms with van der Waals surface area (Å²) in [6.45, 7) is 7.20. The zero-order valence-electron chi connectivity index (χ0n) is 15.4. The monoisotopic (exact) mass is 368 g/mol. The number of sulfonamides is 1. The molecule has 1 aromatic heterocycles. The van der Waals surface area contributed by atoms with Crippen molar-refractivity contribution in [2.45, 2.75) is 44.6 Å². The quantitative estimate of drug-likeness (QED) is 0.747. The highest BCUT2D eigenvalue weighted by molar-refractivity contribution is 7.89. The fourth-order valence-electron chi connectivity index (χ4n) is 3.70. The molecule has 0 unspecified atom stereocenters. The van der Waals surface area contributed by atoms with E-state index in [4.69, 9.17) is 0 Å². The summed E-state index contributed by atoms with van der Waals surface area (Å²) in [6, 6.07) is 13.6. The molecule has 2 heterocycles. The summed E-state index contributed by atoms with van der Waals surface area (Å²) in [4.78, 5) is 3.86. The van der Waals surface area contributed by atoms with E-state index in [9.17, 15) is 8.42 Å². The van der Waals surface area contributed by atoms with Crippen LogP contribution in [-0.4, -0.2) is 24.3 Å². The van der Waals surface area contributed by atoms with Gasteiger partial charge in [0.2, 0.25) is 10.0 Å². The molecule has 0 spiro atoms. The van der Waals surface area contributed by atoms with Crippen LogP contribution in [0, 0.1) is 6.92 Å². The Kier molecular flexibility index (Phi) is 4.16. The van der Waals surface area contributed by atoms with Crippen LogP contribution in [-0.2, 0) is 23.0 Å². The molecule has 0 fully saturated rings. The van der Waals surface area contributed by atoms with Crippen molar-refractivity contribution < 1.29 is 8.42 Å². The van der Waals surface area contributed by atoms with Gasteiger partial charge in [-0.2, -0.15) is 4.31 Å². The van der Waals surface area contributed by atoms with E-state index < -0.39 is 10.0 Å². The summed E-state index contributed by atoms with van der Waals surface area (Å²) < 4.78 is 27.8. The average Bonchev–Trinajstić information content (AvgIpc) is 2.98. The van der Waals surface area contributed by atoms with E-state index in [1.54, 1.807) is 22.5 Å². The van der Waals surface area contributed by atoms with Crippen LogP contribution in [0.1, 0.15) is 42.1 Å². The molecule has 3 aromatic rings. The topological polar surface area (TPSA) is 53.2 Å². The van der Waals surface area contributed by atoms with Crippen molar-refractivity contribution in [3.63, 3.8) is 0 Å². The van der Waals surface area contributed by atoms with Crippen molar-refractivity contribution in [3.05, 3.63) is 64.8 Å². The van der Waals surface area contributed by atoms with Gasteiger partial charge in [0.05, 0.1) is 4.90 Å². The molecule has 1 aliphatic heterocycles. The van der Waals surface area contributed by atoms with Crippen molar-refractivity contribution in [1.29, 1.82) is 0 Å². The number of fused-ring (bicyclic) bond motifs is 3. The number of H-pyrrole nitrogens is 1. The Morgan fingerprint density at radius 1 is 1.12 bits per heavy atom. The van der Waals surface area contributed by atoms with Gasteiger partial charge in [-0.1, -0.05) is 32.0 Å². The normalized spacial score (nSPS) is 15.5. The first-order chi connectivity index (χ1) is 12.4. The molecule has 1 aliphatic rings. The molecule has 0 bridgehead atoms. The summed E-state index contributed by atoms with van der Waals surface area (Å²) in [7, 11) is -3.48.